The van der Waals surface area contributed by atoms with Crippen LogP contribution in [0.3, 0.4) is 0 Å². The van der Waals surface area contributed by atoms with Gasteiger partial charge in [-0.25, -0.2) is 12.8 Å². The van der Waals surface area contributed by atoms with E-state index in [9.17, 15) is 12.8 Å². The van der Waals surface area contributed by atoms with Gasteiger partial charge in [0.25, 0.3) is 0 Å². The van der Waals surface area contributed by atoms with Gasteiger partial charge in [0.1, 0.15) is 10.8 Å². The zero-order chi connectivity index (χ0) is 11.1. The van der Waals surface area contributed by atoms with Crippen LogP contribution in [0.15, 0.2) is 40.8 Å². The van der Waals surface area contributed by atoms with E-state index in [1.54, 1.807) is 0 Å². The molecule has 0 spiro atoms. The Kier molecular flexibility index (Phi) is 2.12. The quantitative estimate of drug-likeness (QED) is 0.785. The Morgan fingerprint density at radius 2 is 1.73 bits per heavy atom. The molecule has 5 heteroatoms. The minimum absolute atomic E-state index is 0.186. The summed E-state index contributed by atoms with van der Waals surface area (Å²) < 4.78 is 35.2. The van der Waals surface area contributed by atoms with Crippen LogP contribution >= 0.6 is 0 Å². The highest BCUT2D eigenvalue weighted by Crippen LogP contribution is 2.27. The van der Waals surface area contributed by atoms with Gasteiger partial charge in [-0.1, -0.05) is 12.1 Å². The van der Waals surface area contributed by atoms with Crippen molar-refractivity contribution < 1.29 is 12.8 Å². The Bertz CT molecular complexity index is 556. The van der Waals surface area contributed by atoms with Crippen LogP contribution in [0.25, 0.3) is 5.57 Å². The van der Waals surface area contributed by atoms with Crippen molar-refractivity contribution in [3.63, 3.8) is 0 Å². The summed E-state index contributed by atoms with van der Waals surface area (Å²) in [5.74, 6) is -0.372. The molecule has 0 aliphatic carbocycles. The normalized spacial score (nSPS) is 18.5. The number of halogens is 1. The largest absolute Gasteiger partial charge is 0.389 e. The minimum atomic E-state index is -3.45. The summed E-state index contributed by atoms with van der Waals surface area (Å²) in [7, 11) is -3.45. The first-order valence-corrected chi connectivity index (χ1v) is 5.74. The maximum atomic E-state index is 12.6. The van der Waals surface area contributed by atoms with E-state index >= 15 is 0 Å². The molecule has 1 aliphatic heterocycles. The molecule has 2 rings (SSSR count). The molecule has 1 heterocycles. The van der Waals surface area contributed by atoms with Crippen molar-refractivity contribution in [3.05, 3.63) is 52.2 Å². The molecule has 3 nitrogen and oxygen atoms in total. The lowest BCUT2D eigenvalue weighted by Gasteiger charge is -2.01. The fourth-order valence-corrected chi connectivity index (χ4v) is 2.29. The zero-order valence-corrected chi connectivity index (χ0v) is 8.46. The lowest BCUT2D eigenvalue weighted by molar-refractivity contribution is 0.610. The van der Waals surface area contributed by atoms with Gasteiger partial charge in [-0.3, -0.25) is 0 Å². The Labute approximate surface area is 86.6 Å². The van der Waals surface area contributed by atoms with Gasteiger partial charge in [0.05, 0.1) is 0 Å². The lowest BCUT2D eigenvalue weighted by Crippen LogP contribution is -2.07. The number of rotatable bonds is 1. The zero-order valence-electron chi connectivity index (χ0n) is 7.64. The van der Waals surface area contributed by atoms with Crippen LogP contribution in [0.5, 0.6) is 0 Å². The molecule has 0 fully saturated rings. The molecule has 1 aromatic rings. The first-order valence-electron chi connectivity index (χ1n) is 4.19. The Balaban J connectivity index is 2.55. The van der Waals surface area contributed by atoms with Crippen LogP contribution in [0.1, 0.15) is 5.56 Å². The summed E-state index contributed by atoms with van der Waals surface area (Å²) in [5.41, 5.74) is 6.46. The second-order valence-corrected chi connectivity index (χ2v) is 4.93. The highest BCUT2D eigenvalue weighted by atomic mass is 32.2. The summed E-state index contributed by atoms with van der Waals surface area (Å²) in [5, 5.41) is 0.857. The van der Waals surface area contributed by atoms with Gasteiger partial charge in [0.15, 0.2) is 0 Å². The minimum Gasteiger partial charge on any atom is -0.389 e. The second kappa shape index (κ2) is 3.20. The van der Waals surface area contributed by atoms with E-state index in [0.29, 0.717) is 11.1 Å². The third-order valence-corrected chi connectivity index (χ3v) is 3.47. The number of hydrogen-bond acceptors (Lipinski definition) is 3. The molecule has 15 heavy (non-hydrogen) atoms. The number of allylic oxidation sites excluding steroid dienone is 2. The van der Waals surface area contributed by atoms with Gasteiger partial charge >= 0.3 is 0 Å². The molecule has 0 amide bonds. The van der Waals surface area contributed by atoms with Crippen molar-refractivity contribution in [2.75, 3.05) is 0 Å². The van der Waals surface area contributed by atoms with Crippen molar-refractivity contribution in [2.45, 2.75) is 0 Å². The third kappa shape index (κ3) is 1.66. The molecule has 0 atom stereocenters. The first-order chi connectivity index (χ1) is 7.00. The van der Waals surface area contributed by atoms with Crippen molar-refractivity contribution in [1.29, 1.82) is 0 Å². The Morgan fingerprint density at radius 1 is 1.13 bits per heavy atom. The number of benzene rings is 1. The molecule has 0 unspecified atom stereocenters. The summed E-state index contributed by atoms with van der Waals surface area (Å²) in [6, 6.07) is 5.49. The summed E-state index contributed by atoms with van der Waals surface area (Å²) >= 11 is 0. The van der Waals surface area contributed by atoms with E-state index in [4.69, 9.17) is 5.73 Å². The molecule has 0 saturated heterocycles. The Morgan fingerprint density at radius 3 is 2.20 bits per heavy atom. The van der Waals surface area contributed by atoms with Gasteiger partial charge in [-0.15, -0.1) is 0 Å². The van der Waals surface area contributed by atoms with Crippen molar-refractivity contribution in [1.82, 2.24) is 0 Å². The topological polar surface area (TPSA) is 60.2 Å². The van der Waals surface area contributed by atoms with Crippen LogP contribution < -0.4 is 5.73 Å². The predicted molar refractivity (Wildman–Crippen MR) is 55.6 cm³/mol. The molecule has 1 aliphatic rings. The van der Waals surface area contributed by atoms with Crippen LogP contribution in [0.2, 0.25) is 0 Å². The number of nitrogens with two attached hydrogens (primary N) is 1. The average Bonchev–Trinajstić information content (AvgIpc) is 2.45. The van der Waals surface area contributed by atoms with Gasteiger partial charge in [0, 0.05) is 11.0 Å². The predicted octanol–water partition coefficient (Wildman–Crippen LogP) is 1.40. The average molecular weight is 225 g/mol. The Hall–Kier alpha value is -1.62. The van der Waals surface area contributed by atoms with E-state index in [-0.39, 0.29) is 10.8 Å². The summed E-state index contributed by atoms with van der Waals surface area (Å²) in [4.78, 5) is 0. The van der Waals surface area contributed by atoms with Crippen LogP contribution in [0.4, 0.5) is 4.39 Å². The molecular weight excluding hydrogens is 217 g/mol. The molecule has 0 aromatic heterocycles. The molecule has 0 bridgehead atoms. The molecule has 2 N–H and O–H groups in total. The molecule has 1 aromatic carbocycles. The molecule has 0 saturated carbocycles. The highest BCUT2D eigenvalue weighted by Gasteiger charge is 2.21. The van der Waals surface area contributed by atoms with Gasteiger partial charge in [0.2, 0.25) is 9.84 Å². The van der Waals surface area contributed by atoms with Crippen LogP contribution in [-0.4, -0.2) is 8.42 Å². The van der Waals surface area contributed by atoms with Crippen molar-refractivity contribution in [2.24, 2.45) is 5.73 Å². The summed E-state index contributed by atoms with van der Waals surface area (Å²) in [6.07, 6.45) is 1.41. The SMILES string of the molecule is NC1=C(c2ccc(F)cc2)C=CS1(=O)=O. The second-order valence-electron chi connectivity index (χ2n) is 3.13. The van der Waals surface area contributed by atoms with E-state index in [2.05, 4.69) is 0 Å². The van der Waals surface area contributed by atoms with Crippen LogP contribution in [0, 0.1) is 5.82 Å². The molecule has 78 valence electrons. The van der Waals surface area contributed by atoms with E-state index < -0.39 is 9.84 Å². The maximum absolute atomic E-state index is 12.6. The number of hydrogen-bond donors (Lipinski definition) is 1. The van der Waals surface area contributed by atoms with Gasteiger partial charge in [-0.2, -0.15) is 0 Å². The smallest absolute Gasteiger partial charge is 0.215 e. The first kappa shape index (κ1) is 9.92. The molecular formula is C10H8FNO2S. The standard InChI is InChI=1S/C10H8FNO2S/c11-8-3-1-7(2-4-8)9-5-6-15(13,14)10(9)12/h1-6H,12H2. The monoisotopic (exact) mass is 225 g/mol. The van der Waals surface area contributed by atoms with Crippen LogP contribution in [-0.2, 0) is 9.84 Å². The van der Waals surface area contributed by atoms with Crippen molar-refractivity contribution >= 4 is 15.4 Å². The maximum Gasteiger partial charge on any atom is 0.215 e. The van der Waals surface area contributed by atoms with E-state index in [1.165, 1.54) is 30.3 Å². The summed E-state index contributed by atoms with van der Waals surface area (Å²) in [6.45, 7) is 0. The lowest BCUT2D eigenvalue weighted by atomic mass is 10.1. The fraction of sp³-hybridized carbons (Fsp3) is 0. The van der Waals surface area contributed by atoms with Gasteiger partial charge < -0.3 is 5.73 Å². The fourth-order valence-electron chi connectivity index (χ4n) is 1.33. The third-order valence-electron chi connectivity index (χ3n) is 2.14. The van der Waals surface area contributed by atoms with E-state index in [1.807, 2.05) is 0 Å². The molecule has 0 radical (unpaired) electrons. The highest BCUT2D eigenvalue weighted by molar-refractivity contribution is 7.98. The van der Waals surface area contributed by atoms with Gasteiger partial charge in [-0.05, 0) is 23.8 Å². The number of sulfone groups is 1. The van der Waals surface area contributed by atoms with Crippen molar-refractivity contribution in [3.8, 4) is 0 Å². The van der Waals surface area contributed by atoms with E-state index in [0.717, 1.165) is 5.41 Å².